The lowest BCUT2D eigenvalue weighted by Crippen LogP contribution is -2.52. The first-order valence-corrected chi connectivity index (χ1v) is 8.19. The zero-order chi connectivity index (χ0) is 13.3. The first-order valence-electron chi connectivity index (χ1n) is 5.96. The van der Waals surface area contributed by atoms with Crippen LogP contribution < -0.4 is 5.73 Å². The molecular weight excluding hydrogens is 316 g/mol. The molecule has 1 fully saturated rings. The molecule has 18 heavy (non-hydrogen) atoms. The molecule has 0 radical (unpaired) electrons. The monoisotopic (exact) mass is 332 g/mol. The van der Waals surface area contributed by atoms with Gasteiger partial charge in [-0.1, -0.05) is 22.9 Å². The normalized spacial score (nSPS) is 26.2. The molecule has 1 saturated heterocycles. The summed E-state index contributed by atoms with van der Waals surface area (Å²) in [4.78, 5) is 0.301. The van der Waals surface area contributed by atoms with E-state index in [-0.39, 0.29) is 5.92 Å². The van der Waals surface area contributed by atoms with E-state index < -0.39 is 16.2 Å². The van der Waals surface area contributed by atoms with Gasteiger partial charge in [0, 0.05) is 11.0 Å². The van der Waals surface area contributed by atoms with Gasteiger partial charge in [-0.2, -0.15) is 4.31 Å². The second-order valence-electron chi connectivity index (χ2n) is 4.68. The highest BCUT2D eigenvalue weighted by molar-refractivity contribution is 9.10. The quantitative estimate of drug-likeness (QED) is 0.902. The van der Waals surface area contributed by atoms with E-state index in [4.69, 9.17) is 5.73 Å². The van der Waals surface area contributed by atoms with Gasteiger partial charge in [-0.3, -0.25) is 0 Å². The van der Waals surface area contributed by atoms with Gasteiger partial charge in [0.1, 0.15) is 0 Å². The van der Waals surface area contributed by atoms with Crippen molar-refractivity contribution in [3.05, 3.63) is 28.7 Å². The van der Waals surface area contributed by atoms with Crippen LogP contribution in [0.2, 0.25) is 0 Å². The van der Waals surface area contributed by atoms with Crippen LogP contribution in [0.5, 0.6) is 0 Å². The maximum atomic E-state index is 12.5. The van der Waals surface area contributed by atoms with Crippen LogP contribution in [-0.2, 0) is 10.0 Å². The molecule has 0 aromatic heterocycles. The smallest absolute Gasteiger partial charge is 0.244 e. The van der Waals surface area contributed by atoms with E-state index in [1.54, 1.807) is 24.3 Å². The summed E-state index contributed by atoms with van der Waals surface area (Å²) in [6, 6.07) is 6.66. The van der Waals surface area contributed by atoms with Crippen LogP contribution in [0.15, 0.2) is 33.6 Å². The molecule has 0 bridgehead atoms. The summed E-state index contributed by atoms with van der Waals surface area (Å²) >= 11 is 3.30. The van der Waals surface area contributed by atoms with Crippen molar-refractivity contribution >= 4 is 26.0 Å². The zero-order valence-corrected chi connectivity index (χ0v) is 12.6. The summed E-state index contributed by atoms with van der Waals surface area (Å²) in [5.41, 5.74) is 6.01. The molecule has 1 aliphatic rings. The topological polar surface area (TPSA) is 63.4 Å². The minimum atomic E-state index is -3.47. The fourth-order valence-corrected chi connectivity index (χ4v) is 4.11. The van der Waals surface area contributed by atoms with Crippen LogP contribution in [0, 0.1) is 5.92 Å². The number of hydrogen-bond acceptors (Lipinski definition) is 3. The van der Waals surface area contributed by atoms with Crippen LogP contribution in [0.25, 0.3) is 0 Å². The van der Waals surface area contributed by atoms with Crippen molar-refractivity contribution in [3.63, 3.8) is 0 Å². The van der Waals surface area contributed by atoms with Crippen molar-refractivity contribution in [1.29, 1.82) is 0 Å². The third-order valence-electron chi connectivity index (χ3n) is 3.37. The van der Waals surface area contributed by atoms with E-state index in [9.17, 15) is 8.42 Å². The molecule has 0 aliphatic carbocycles. The Balaban J connectivity index is 2.33. The molecule has 1 aromatic rings. The number of hydrogen-bond donors (Lipinski definition) is 1. The highest BCUT2D eigenvalue weighted by atomic mass is 79.9. The lowest BCUT2D eigenvalue weighted by atomic mass is 9.99. The maximum Gasteiger partial charge on any atom is 0.244 e. The Morgan fingerprint density at radius 1 is 1.33 bits per heavy atom. The first kappa shape index (κ1) is 14.0. The summed E-state index contributed by atoms with van der Waals surface area (Å²) in [5, 5.41) is 0. The van der Waals surface area contributed by atoms with Gasteiger partial charge in [0.15, 0.2) is 0 Å². The molecule has 2 N–H and O–H groups in total. The molecule has 0 amide bonds. The van der Waals surface area contributed by atoms with E-state index in [1.165, 1.54) is 4.31 Å². The molecule has 0 saturated carbocycles. The van der Waals surface area contributed by atoms with Gasteiger partial charge in [-0.15, -0.1) is 0 Å². The fourth-order valence-electron chi connectivity index (χ4n) is 2.20. The van der Waals surface area contributed by atoms with Crippen LogP contribution in [0.1, 0.15) is 19.8 Å². The van der Waals surface area contributed by atoms with Gasteiger partial charge in [0.2, 0.25) is 10.0 Å². The van der Waals surface area contributed by atoms with Gasteiger partial charge in [-0.25, -0.2) is 8.42 Å². The molecule has 1 aromatic carbocycles. The molecular formula is C12H17BrN2O2S. The van der Waals surface area contributed by atoms with Crippen molar-refractivity contribution in [2.75, 3.05) is 6.54 Å². The van der Waals surface area contributed by atoms with E-state index in [1.807, 2.05) is 6.92 Å². The Bertz CT molecular complexity index is 515. The maximum absolute atomic E-state index is 12.5. The minimum absolute atomic E-state index is 0.198. The average molecular weight is 333 g/mol. The molecule has 6 heteroatoms. The van der Waals surface area contributed by atoms with Crippen molar-refractivity contribution in [2.45, 2.75) is 30.8 Å². The average Bonchev–Trinajstić information content (AvgIpc) is 2.33. The Kier molecular flexibility index (Phi) is 4.11. The Morgan fingerprint density at radius 3 is 2.56 bits per heavy atom. The largest absolute Gasteiger partial charge is 0.315 e. The SMILES string of the molecule is CC1CCCN(S(=O)(=O)c2ccc(Br)cc2)C1N. The van der Waals surface area contributed by atoms with E-state index >= 15 is 0 Å². The van der Waals surface area contributed by atoms with Crippen molar-refractivity contribution in [1.82, 2.24) is 4.31 Å². The third kappa shape index (κ3) is 2.61. The lowest BCUT2D eigenvalue weighted by molar-refractivity contribution is 0.192. The zero-order valence-electron chi connectivity index (χ0n) is 10.2. The number of benzene rings is 1. The van der Waals surface area contributed by atoms with Crippen molar-refractivity contribution in [2.24, 2.45) is 11.7 Å². The highest BCUT2D eigenvalue weighted by Crippen LogP contribution is 2.27. The Labute approximate surface area is 116 Å². The predicted molar refractivity (Wildman–Crippen MR) is 74.4 cm³/mol. The van der Waals surface area contributed by atoms with Gasteiger partial charge in [0.05, 0.1) is 11.1 Å². The summed E-state index contributed by atoms with van der Waals surface area (Å²) in [6.45, 7) is 2.50. The fraction of sp³-hybridized carbons (Fsp3) is 0.500. The molecule has 100 valence electrons. The van der Waals surface area contributed by atoms with Crippen LogP contribution in [-0.4, -0.2) is 25.4 Å². The van der Waals surface area contributed by atoms with Gasteiger partial charge in [0.25, 0.3) is 0 Å². The van der Waals surface area contributed by atoms with Gasteiger partial charge < -0.3 is 5.73 Å². The van der Waals surface area contributed by atoms with E-state index in [0.29, 0.717) is 11.4 Å². The summed E-state index contributed by atoms with van der Waals surface area (Å²) in [6.07, 6.45) is 1.42. The number of nitrogens with zero attached hydrogens (tertiary/aromatic N) is 1. The summed E-state index contributed by atoms with van der Waals surface area (Å²) in [7, 11) is -3.47. The van der Waals surface area contributed by atoms with Crippen LogP contribution in [0.4, 0.5) is 0 Å². The lowest BCUT2D eigenvalue weighted by Gasteiger charge is -2.36. The van der Waals surface area contributed by atoms with Crippen LogP contribution in [0.3, 0.4) is 0 Å². The van der Waals surface area contributed by atoms with E-state index in [2.05, 4.69) is 15.9 Å². The number of nitrogens with two attached hydrogens (primary N) is 1. The van der Waals surface area contributed by atoms with Gasteiger partial charge in [-0.05, 0) is 43.0 Å². The number of sulfonamides is 1. The Hall–Kier alpha value is -0.430. The van der Waals surface area contributed by atoms with Crippen molar-refractivity contribution in [3.8, 4) is 0 Å². The standard InChI is InChI=1S/C12H17BrN2O2S/c1-9-3-2-8-15(12(9)14)18(16,17)11-6-4-10(13)5-7-11/h4-7,9,12H,2-3,8,14H2,1H3. The molecule has 2 rings (SSSR count). The second kappa shape index (κ2) is 5.28. The highest BCUT2D eigenvalue weighted by Gasteiger charge is 2.34. The first-order chi connectivity index (χ1) is 8.43. The predicted octanol–water partition coefficient (Wildman–Crippen LogP) is 2.15. The molecule has 2 unspecified atom stereocenters. The van der Waals surface area contributed by atoms with Gasteiger partial charge >= 0.3 is 0 Å². The number of rotatable bonds is 2. The molecule has 0 spiro atoms. The van der Waals surface area contributed by atoms with E-state index in [0.717, 1.165) is 17.3 Å². The summed E-state index contributed by atoms with van der Waals surface area (Å²) < 4.78 is 27.3. The third-order valence-corrected chi connectivity index (χ3v) is 5.81. The molecule has 1 aliphatic heterocycles. The molecule has 4 nitrogen and oxygen atoms in total. The Morgan fingerprint density at radius 2 is 1.94 bits per heavy atom. The number of halogens is 1. The number of piperidine rings is 1. The minimum Gasteiger partial charge on any atom is -0.315 e. The second-order valence-corrected chi connectivity index (χ2v) is 7.49. The van der Waals surface area contributed by atoms with Crippen molar-refractivity contribution < 1.29 is 8.42 Å². The molecule has 1 heterocycles. The van der Waals surface area contributed by atoms with Crippen LogP contribution >= 0.6 is 15.9 Å². The molecule has 2 atom stereocenters. The summed E-state index contributed by atoms with van der Waals surface area (Å²) in [5.74, 6) is 0.198.